The highest BCUT2D eigenvalue weighted by Crippen LogP contribution is 2.42. The Labute approximate surface area is 254 Å². The Morgan fingerprint density at radius 2 is 1.84 bits per heavy atom. The zero-order valence-electron chi connectivity index (χ0n) is 24.0. The lowest BCUT2D eigenvalue weighted by Gasteiger charge is -2.37. The fraction of sp³-hybridized carbons (Fsp3) is 0.424. The lowest BCUT2D eigenvalue weighted by Crippen LogP contribution is -2.48. The number of carboxylic acid groups (broad SMARTS) is 1. The van der Waals surface area contributed by atoms with Crippen LogP contribution < -0.4 is 9.80 Å². The molecule has 10 heteroatoms. The molecule has 1 saturated heterocycles. The Bertz CT molecular complexity index is 1510. The average molecular weight is 601 g/mol. The number of rotatable bonds is 8. The molecule has 9 nitrogen and oxygen atoms in total. The Kier molecular flexibility index (Phi) is 8.67. The molecule has 3 aromatic rings. The minimum absolute atomic E-state index is 0.0593. The topological polar surface area (TPSA) is 124 Å². The Balaban J connectivity index is 1.33. The average Bonchev–Trinajstić information content (AvgIpc) is 3.80. The van der Waals surface area contributed by atoms with Crippen LogP contribution in [0.25, 0.3) is 22.4 Å². The highest BCUT2D eigenvalue weighted by molar-refractivity contribution is 7.14. The van der Waals surface area contributed by atoms with Gasteiger partial charge in [-0.25, -0.2) is 9.97 Å². The molecule has 3 aliphatic rings. The molecule has 0 unspecified atom stereocenters. The maximum absolute atomic E-state index is 14.2. The molecule has 224 valence electrons. The summed E-state index contributed by atoms with van der Waals surface area (Å²) in [5, 5.41) is 22.4. The first-order chi connectivity index (χ1) is 20.9. The number of aliphatic carboxylic acids is 1. The number of pyridine rings is 1. The summed E-state index contributed by atoms with van der Waals surface area (Å²) in [6.45, 7) is 0.385. The monoisotopic (exact) mass is 600 g/mol. The molecule has 1 saturated carbocycles. The molecular weight excluding hydrogens is 564 g/mol. The van der Waals surface area contributed by atoms with Crippen molar-refractivity contribution in [3.8, 4) is 22.4 Å². The molecule has 1 aliphatic carbocycles. The highest BCUT2D eigenvalue weighted by atomic mass is 32.1. The number of hydrogen-bond acceptors (Lipinski definition) is 7. The molecule has 2 aliphatic heterocycles. The Morgan fingerprint density at radius 3 is 2.51 bits per heavy atom. The smallest absolute Gasteiger partial charge is 0.304 e. The third-order valence-corrected chi connectivity index (χ3v) is 9.91. The fourth-order valence-electron chi connectivity index (χ4n) is 6.93. The number of anilines is 2. The van der Waals surface area contributed by atoms with Crippen LogP contribution in [0.1, 0.15) is 51.4 Å². The number of amides is 2. The fourth-order valence-corrected chi connectivity index (χ4v) is 7.82. The van der Waals surface area contributed by atoms with Crippen molar-refractivity contribution in [1.82, 2.24) is 9.97 Å². The van der Waals surface area contributed by atoms with Crippen molar-refractivity contribution in [2.75, 3.05) is 23.0 Å². The van der Waals surface area contributed by atoms with Gasteiger partial charge in [-0.05, 0) is 42.4 Å². The van der Waals surface area contributed by atoms with Crippen molar-refractivity contribution < 1.29 is 24.6 Å². The number of allylic oxidation sites excluding steroid dienone is 1. The van der Waals surface area contributed by atoms with Gasteiger partial charge in [-0.1, -0.05) is 62.1 Å². The van der Waals surface area contributed by atoms with Gasteiger partial charge in [-0.15, -0.1) is 11.3 Å². The van der Waals surface area contributed by atoms with Gasteiger partial charge in [0.25, 0.3) is 0 Å². The van der Waals surface area contributed by atoms with Gasteiger partial charge < -0.3 is 10.2 Å². The Hall–Kier alpha value is -3.89. The molecule has 2 amide bonds. The second-order valence-electron chi connectivity index (χ2n) is 11.6. The molecule has 4 heterocycles. The van der Waals surface area contributed by atoms with Crippen LogP contribution in [-0.4, -0.2) is 57.2 Å². The molecule has 6 rings (SSSR count). The molecule has 0 radical (unpaired) electrons. The summed E-state index contributed by atoms with van der Waals surface area (Å²) in [7, 11) is 0. The maximum Gasteiger partial charge on any atom is 0.304 e. The van der Waals surface area contributed by atoms with Crippen molar-refractivity contribution in [3.05, 3.63) is 60.1 Å². The molecule has 2 fully saturated rings. The second kappa shape index (κ2) is 12.8. The summed E-state index contributed by atoms with van der Waals surface area (Å²) in [6, 6.07) is 11.0. The number of thiazole rings is 1. The van der Waals surface area contributed by atoms with Gasteiger partial charge in [0.15, 0.2) is 5.13 Å². The summed E-state index contributed by atoms with van der Waals surface area (Å²) >= 11 is 1.31. The van der Waals surface area contributed by atoms with E-state index < -0.39 is 17.9 Å². The summed E-state index contributed by atoms with van der Waals surface area (Å²) in [4.78, 5) is 51.1. The Morgan fingerprint density at radius 1 is 1.05 bits per heavy atom. The van der Waals surface area contributed by atoms with Crippen molar-refractivity contribution in [2.24, 2.45) is 17.8 Å². The van der Waals surface area contributed by atoms with E-state index in [-0.39, 0.29) is 30.8 Å². The van der Waals surface area contributed by atoms with Gasteiger partial charge in [0, 0.05) is 35.7 Å². The van der Waals surface area contributed by atoms with E-state index in [1.165, 1.54) is 16.2 Å². The van der Waals surface area contributed by atoms with Gasteiger partial charge in [-0.3, -0.25) is 24.2 Å². The van der Waals surface area contributed by atoms with Crippen LogP contribution in [0.5, 0.6) is 0 Å². The van der Waals surface area contributed by atoms with E-state index in [9.17, 15) is 24.6 Å². The van der Waals surface area contributed by atoms with Crippen molar-refractivity contribution >= 4 is 40.1 Å². The second-order valence-corrected chi connectivity index (χ2v) is 12.5. The van der Waals surface area contributed by atoms with Gasteiger partial charge in [0.2, 0.25) is 11.8 Å². The van der Waals surface area contributed by atoms with Crippen LogP contribution in [-0.2, 0) is 14.4 Å². The number of nitrogens with zero attached hydrogens (tertiary/aromatic N) is 4. The number of carbonyl (C=O) groups excluding carboxylic acids is 2. The normalized spacial score (nSPS) is 23.1. The first-order valence-corrected chi connectivity index (χ1v) is 16.0. The number of carboxylic acids is 1. The standard InChI is InChI=1S/C33H36N4O5S/c38-19-23-9-5-12-24(21-7-1-2-8-21)27(17-31(40)41)32(42)37(23)33-35-28(20-43-33)26-11-4-3-10-25(26)22-14-15-29(34-18-22)36-16-6-13-30(36)39/h3-5,9-11,14-15,18,20-21,23-24,27,38H,1-2,6-8,12-13,16-17,19H2,(H,40,41)/t23-,24-,27+/m1/s1. The van der Waals surface area contributed by atoms with Crippen LogP contribution >= 0.6 is 11.3 Å². The molecule has 1 aromatic carbocycles. The quantitative estimate of drug-likeness (QED) is 0.325. The number of aliphatic hydroxyl groups excluding tert-OH is 1. The largest absolute Gasteiger partial charge is 0.481 e. The van der Waals surface area contributed by atoms with Crippen LogP contribution in [0.4, 0.5) is 10.9 Å². The number of hydrogen-bond donors (Lipinski definition) is 2. The van der Waals surface area contributed by atoms with E-state index in [0.29, 0.717) is 41.9 Å². The summed E-state index contributed by atoms with van der Waals surface area (Å²) in [6.07, 6.45) is 11.6. The van der Waals surface area contributed by atoms with E-state index in [0.717, 1.165) is 48.8 Å². The zero-order valence-corrected chi connectivity index (χ0v) is 24.8. The number of aromatic nitrogens is 2. The van der Waals surface area contributed by atoms with Gasteiger partial charge in [-0.2, -0.15) is 0 Å². The third-order valence-electron chi connectivity index (χ3n) is 9.07. The predicted molar refractivity (Wildman–Crippen MR) is 166 cm³/mol. The molecule has 3 atom stereocenters. The van der Waals surface area contributed by atoms with Crippen LogP contribution in [0.3, 0.4) is 0 Å². The molecule has 0 spiro atoms. The number of carbonyl (C=O) groups is 3. The van der Waals surface area contributed by atoms with E-state index >= 15 is 0 Å². The first kappa shape index (κ1) is 29.2. The highest BCUT2D eigenvalue weighted by Gasteiger charge is 2.42. The molecule has 43 heavy (non-hydrogen) atoms. The first-order valence-electron chi connectivity index (χ1n) is 15.1. The molecule has 0 bridgehead atoms. The number of aliphatic hydroxyl groups is 1. The van der Waals surface area contributed by atoms with Crippen molar-refractivity contribution in [1.29, 1.82) is 0 Å². The van der Waals surface area contributed by atoms with E-state index in [1.807, 2.05) is 53.9 Å². The lowest BCUT2D eigenvalue weighted by molar-refractivity contribution is -0.142. The van der Waals surface area contributed by atoms with Crippen LogP contribution in [0.15, 0.2) is 60.1 Å². The minimum atomic E-state index is -0.992. The van der Waals surface area contributed by atoms with Crippen LogP contribution in [0.2, 0.25) is 0 Å². The third kappa shape index (κ3) is 5.99. The molecule has 2 aromatic heterocycles. The predicted octanol–water partition coefficient (Wildman–Crippen LogP) is 5.55. The summed E-state index contributed by atoms with van der Waals surface area (Å²) in [5.74, 6) is -0.979. The van der Waals surface area contributed by atoms with Gasteiger partial charge in [0.05, 0.1) is 30.7 Å². The summed E-state index contributed by atoms with van der Waals surface area (Å²) in [5.41, 5.74) is 3.32. The van der Waals surface area contributed by atoms with E-state index in [1.54, 1.807) is 11.1 Å². The molecular formula is C33H36N4O5S. The molecule has 2 N–H and O–H groups in total. The minimum Gasteiger partial charge on any atom is -0.481 e. The van der Waals surface area contributed by atoms with E-state index in [4.69, 9.17) is 4.98 Å². The maximum atomic E-state index is 14.2. The van der Waals surface area contributed by atoms with Gasteiger partial charge in [0.1, 0.15) is 5.82 Å². The SMILES string of the molecule is O=C(O)C[C@@H]1C(=O)N(c2nc(-c3ccccc3-c3ccc(N4CCCC4=O)nc3)cs2)[C@@H](CO)C=CC[C@@H]1C1CCCC1. The van der Waals surface area contributed by atoms with Crippen LogP contribution in [0, 0.1) is 17.8 Å². The van der Waals surface area contributed by atoms with Crippen molar-refractivity contribution in [2.45, 2.75) is 57.4 Å². The summed E-state index contributed by atoms with van der Waals surface area (Å²) < 4.78 is 0. The van der Waals surface area contributed by atoms with E-state index in [2.05, 4.69) is 4.98 Å². The zero-order chi connectivity index (χ0) is 29.9. The van der Waals surface area contributed by atoms with Gasteiger partial charge >= 0.3 is 5.97 Å². The number of benzene rings is 1. The van der Waals surface area contributed by atoms with Crippen molar-refractivity contribution in [3.63, 3.8) is 0 Å². The lowest BCUT2D eigenvalue weighted by atomic mass is 9.75.